The van der Waals surface area contributed by atoms with Crippen molar-refractivity contribution in [3.63, 3.8) is 0 Å². The molecule has 0 aliphatic carbocycles. The van der Waals surface area contributed by atoms with Crippen LogP contribution in [-0.2, 0) is 29.7 Å². The average molecular weight is 583 g/mol. The molecule has 0 aromatic heterocycles. The van der Waals surface area contributed by atoms with Gasteiger partial charge in [-0.05, 0) is 83.9 Å². The maximum atomic E-state index is 12.7. The third kappa shape index (κ3) is 6.47. The molecule has 0 spiro atoms. The Morgan fingerprint density at radius 3 is 1.05 bits per heavy atom. The summed E-state index contributed by atoms with van der Waals surface area (Å²) in [5.41, 5.74) is 1.75. The normalized spacial score (nSPS) is 11.3. The number of benzene rings is 4. The molecule has 0 saturated carbocycles. The van der Waals surface area contributed by atoms with Crippen LogP contribution in [0.25, 0.3) is 11.1 Å². The van der Waals surface area contributed by atoms with Gasteiger partial charge >= 0.3 is 32.2 Å². The summed E-state index contributed by atoms with van der Waals surface area (Å²) in [5, 5.41) is 0. The first kappa shape index (κ1) is 28.3. The van der Waals surface area contributed by atoms with Crippen molar-refractivity contribution in [1.82, 2.24) is 0 Å². The number of rotatable bonds is 9. The summed E-state index contributed by atoms with van der Waals surface area (Å²) in [5.74, 6) is -1.07. The Labute approximate surface area is 231 Å². The fourth-order valence-electron chi connectivity index (χ4n) is 3.51. The van der Waals surface area contributed by atoms with Crippen molar-refractivity contribution < 1.29 is 44.3 Å². The molecule has 40 heavy (non-hydrogen) atoms. The zero-order valence-electron chi connectivity index (χ0n) is 21.1. The lowest BCUT2D eigenvalue weighted by Crippen LogP contribution is -2.10. The number of methoxy groups -OCH3 is 2. The molecule has 0 unspecified atom stereocenters. The summed E-state index contributed by atoms with van der Waals surface area (Å²) in [7, 11) is -5.83. The van der Waals surface area contributed by atoms with Crippen LogP contribution in [0.1, 0.15) is 20.7 Å². The first-order chi connectivity index (χ1) is 19.0. The highest BCUT2D eigenvalue weighted by atomic mass is 32.2. The van der Waals surface area contributed by atoms with Gasteiger partial charge < -0.3 is 17.8 Å². The van der Waals surface area contributed by atoms with Gasteiger partial charge in [0.05, 0.1) is 25.3 Å². The van der Waals surface area contributed by atoms with Crippen molar-refractivity contribution >= 4 is 32.2 Å². The average Bonchev–Trinajstić information content (AvgIpc) is 2.97. The standard InChI is InChI=1S/C28H22O10S2/c1-35-27(29)21-3-11-23(12-4-21)37-39(31,32)25-15-7-19(8-16-25)20-9-17-26(18-10-20)40(33,34)38-24-13-5-22(6-14-24)28(30)36-2/h3-18H,1-2H3. The van der Waals surface area contributed by atoms with E-state index in [2.05, 4.69) is 9.47 Å². The molecular weight excluding hydrogens is 560 g/mol. The minimum Gasteiger partial charge on any atom is -0.465 e. The molecule has 206 valence electrons. The van der Waals surface area contributed by atoms with Crippen LogP contribution in [0.15, 0.2) is 107 Å². The second-order valence-electron chi connectivity index (χ2n) is 8.16. The molecule has 4 aromatic rings. The summed E-state index contributed by atoms with van der Waals surface area (Å²) >= 11 is 0. The Bertz CT molecular complexity index is 1590. The molecule has 0 N–H and O–H groups in total. The van der Waals surface area contributed by atoms with Crippen LogP contribution in [0.5, 0.6) is 11.5 Å². The van der Waals surface area contributed by atoms with Gasteiger partial charge in [-0.1, -0.05) is 24.3 Å². The van der Waals surface area contributed by atoms with Crippen molar-refractivity contribution in [1.29, 1.82) is 0 Å². The molecule has 0 saturated heterocycles. The maximum absolute atomic E-state index is 12.7. The fourth-order valence-corrected chi connectivity index (χ4v) is 5.37. The van der Waals surface area contributed by atoms with E-state index in [9.17, 15) is 26.4 Å². The summed E-state index contributed by atoms with van der Waals surface area (Å²) in [6.07, 6.45) is 0. The van der Waals surface area contributed by atoms with Gasteiger partial charge in [-0.3, -0.25) is 0 Å². The first-order valence-electron chi connectivity index (χ1n) is 11.5. The van der Waals surface area contributed by atoms with E-state index in [1.54, 1.807) is 24.3 Å². The Morgan fingerprint density at radius 2 is 0.775 bits per heavy atom. The van der Waals surface area contributed by atoms with Crippen molar-refractivity contribution in [2.45, 2.75) is 9.79 Å². The van der Waals surface area contributed by atoms with E-state index in [0.29, 0.717) is 11.1 Å². The molecule has 10 nitrogen and oxygen atoms in total. The molecule has 0 bridgehead atoms. The van der Waals surface area contributed by atoms with Crippen LogP contribution in [0, 0.1) is 0 Å². The number of hydrogen-bond acceptors (Lipinski definition) is 10. The predicted octanol–water partition coefficient (Wildman–Crippen LogP) is 4.46. The minimum absolute atomic E-state index is 0.0233. The molecule has 12 heteroatoms. The topological polar surface area (TPSA) is 139 Å². The summed E-state index contributed by atoms with van der Waals surface area (Å²) in [6, 6.07) is 22.6. The van der Waals surface area contributed by atoms with E-state index in [1.807, 2.05) is 0 Å². The summed E-state index contributed by atoms with van der Waals surface area (Å²) < 4.78 is 70.2. The quantitative estimate of drug-likeness (QED) is 0.205. The second kappa shape index (κ2) is 11.6. The number of carbonyl (C=O) groups is 2. The van der Waals surface area contributed by atoms with E-state index < -0.39 is 32.2 Å². The minimum atomic E-state index is -4.15. The van der Waals surface area contributed by atoms with Gasteiger partial charge in [0, 0.05) is 0 Å². The third-order valence-electron chi connectivity index (χ3n) is 5.58. The molecule has 0 aliphatic rings. The highest BCUT2D eigenvalue weighted by Gasteiger charge is 2.19. The van der Waals surface area contributed by atoms with Gasteiger partial charge in [-0.15, -0.1) is 0 Å². The van der Waals surface area contributed by atoms with Crippen molar-refractivity contribution in [2.75, 3.05) is 14.2 Å². The van der Waals surface area contributed by atoms with Crippen molar-refractivity contribution in [2.24, 2.45) is 0 Å². The molecule has 0 aliphatic heterocycles. The second-order valence-corrected chi connectivity index (χ2v) is 11.2. The van der Waals surface area contributed by atoms with Crippen LogP contribution in [0.4, 0.5) is 0 Å². The zero-order valence-corrected chi connectivity index (χ0v) is 22.8. The third-order valence-corrected chi connectivity index (χ3v) is 8.10. The number of hydrogen-bond donors (Lipinski definition) is 0. The van der Waals surface area contributed by atoms with Gasteiger partial charge in [0.1, 0.15) is 21.3 Å². The Morgan fingerprint density at radius 1 is 0.475 bits per heavy atom. The van der Waals surface area contributed by atoms with Gasteiger partial charge in [0.15, 0.2) is 0 Å². The first-order valence-corrected chi connectivity index (χ1v) is 14.3. The lowest BCUT2D eigenvalue weighted by Gasteiger charge is -2.10. The highest BCUT2D eigenvalue weighted by molar-refractivity contribution is 7.87. The Balaban J connectivity index is 1.45. The molecule has 0 amide bonds. The van der Waals surface area contributed by atoms with Gasteiger partial charge in [-0.25, -0.2) is 9.59 Å². The van der Waals surface area contributed by atoms with E-state index in [4.69, 9.17) is 8.37 Å². The molecule has 0 atom stereocenters. The Hall–Kier alpha value is -4.68. The maximum Gasteiger partial charge on any atom is 0.339 e. The van der Waals surface area contributed by atoms with Crippen LogP contribution < -0.4 is 8.37 Å². The van der Waals surface area contributed by atoms with Crippen LogP contribution >= 0.6 is 0 Å². The SMILES string of the molecule is COC(=O)c1ccc(OS(=O)(=O)c2ccc(-c3ccc(S(=O)(=O)Oc4ccc(C(=O)OC)cc4)cc3)cc2)cc1. The lowest BCUT2D eigenvalue weighted by atomic mass is 10.1. The highest BCUT2D eigenvalue weighted by Crippen LogP contribution is 2.26. The lowest BCUT2D eigenvalue weighted by molar-refractivity contribution is 0.0592. The van der Waals surface area contributed by atoms with Crippen molar-refractivity contribution in [3.8, 4) is 22.6 Å². The smallest absolute Gasteiger partial charge is 0.339 e. The number of ether oxygens (including phenoxy) is 2. The largest absolute Gasteiger partial charge is 0.465 e. The van der Waals surface area contributed by atoms with Gasteiger partial charge in [-0.2, -0.15) is 16.8 Å². The summed E-state index contributed by atoms with van der Waals surface area (Å²) in [6.45, 7) is 0. The fraction of sp³-hybridized carbons (Fsp3) is 0.0714. The van der Waals surface area contributed by atoms with Gasteiger partial charge in [0.25, 0.3) is 0 Å². The zero-order chi connectivity index (χ0) is 28.9. The predicted molar refractivity (Wildman–Crippen MR) is 143 cm³/mol. The summed E-state index contributed by atoms with van der Waals surface area (Å²) in [4.78, 5) is 22.9. The molecule has 0 radical (unpaired) electrons. The van der Waals surface area contributed by atoms with E-state index in [1.165, 1.54) is 87.0 Å². The number of carbonyl (C=O) groups excluding carboxylic acids is 2. The Kier molecular flexibility index (Phi) is 8.21. The van der Waals surface area contributed by atoms with Gasteiger partial charge in [0.2, 0.25) is 0 Å². The van der Waals surface area contributed by atoms with Crippen LogP contribution in [-0.4, -0.2) is 43.0 Å². The van der Waals surface area contributed by atoms with E-state index in [0.717, 1.165) is 0 Å². The van der Waals surface area contributed by atoms with E-state index >= 15 is 0 Å². The molecule has 0 fully saturated rings. The number of esters is 2. The van der Waals surface area contributed by atoms with Crippen molar-refractivity contribution in [3.05, 3.63) is 108 Å². The van der Waals surface area contributed by atoms with Crippen LogP contribution in [0.2, 0.25) is 0 Å². The molecule has 4 aromatic carbocycles. The van der Waals surface area contributed by atoms with E-state index in [-0.39, 0.29) is 32.4 Å². The molecule has 4 rings (SSSR count). The monoisotopic (exact) mass is 582 g/mol. The molecule has 0 heterocycles. The van der Waals surface area contributed by atoms with Crippen LogP contribution in [0.3, 0.4) is 0 Å². The molecular formula is C28H22O10S2.